The third kappa shape index (κ3) is 3.86. The SMILES string of the molecule is Cc1noc(C)c1CC(=O)N1CCCC(c2cc3nc(C(F)(F)F)ccc3[nH]2)C1. The highest BCUT2D eigenvalue weighted by Gasteiger charge is 2.33. The Balaban J connectivity index is 1.51. The third-order valence-electron chi connectivity index (χ3n) is 5.51. The number of halogens is 3. The number of carbonyl (C=O) groups is 1. The molecular formula is C20H21F3N4O2. The zero-order valence-electron chi connectivity index (χ0n) is 16.1. The molecule has 1 saturated heterocycles. The predicted octanol–water partition coefficient (Wildman–Crippen LogP) is 4.14. The second-order valence-electron chi connectivity index (χ2n) is 7.51. The first-order valence-electron chi connectivity index (χ1n) is 9.48. The summed E-state index contributed by atoms with van der Waals surface area (Å²) in [5, 5.41) is 3.89. The number of alkyl halides is 3. The molecule has 0 aromatic carbocycles. The summed E-state index contributed by atoms with van der Waals surface area (Å²) in [5.74, 6) is 0.671. The van der Waals surface area contributed by atoms with Gasteiger partial charge < -0.3 is 14.4 Å². The molecule has 6 nitrogen and oxygen atoms in total. The van der Waals surface area contributed by atoms with E-state index in [1.165, 1.54) is 6.07 Å². The summed E-state index contributed by atoms with van der Waals surface area (Å²) < 4.78 is 43.8. The van der Waals surface area contributed by atoms with Crippen LogP contribution in [-0.4, -0.2) is 39.0 Å². The molecule has 3 aromatic heterocycles. The molecule has 1 aliphatic heterocycles. The number of rotatable bonds is 3. The number of aryl methyl sites for hydroxylation is 2. The molecule has 0 saturated carbocycles. The fourth-order valence-electron chi connectivity index (χ4n) is 3.88. The Morgan fingerprint density at radius 3 is 2.83 bits per heavy atom. The minimum Gasteiger partial charge on any atom is -0.361 e. The summed E-state index contributed by atoms with van der Waals surface area (Å²) in [6.45, 7) is 4.77. The quantitative estimate of drug-likeness (QED) is 0.710. The van der Waals surface area contributed by atoms with Crippen LogP contribution in [-0.2, 0) is 17.4 Å². The molecule has 0 spiro atoms. The molecule has 1 unspecified atom stereocenters. The van der Waals surface area contributed by atoms with Crippen molar-refractivity contribution in [3.05, 3.63) is 46.6 Å². The molecular weight excluding hydrogens is 385 g/mol. The average molecular weight is 406 g/mol. The van der Waals surface area contributed by atoms with E-state index in [2.05, 4.69) is 15.1 Å². The molecule has 0 bridgehead atoms. The number of nitrogens with one attached hydrogen (secondary N) is 1. The molecule has 1 N–H and O–H groups in total. The van der Waals surface area contributed by atoms with Crippen LogP contribution < -0.4 is 0 Å². The van der Waals surface area contributed by atoms with Crippen LogP contribution >= 0.6 is 0 Å². The molecule has 1 aliphatic rings. The topological polar surface area (TPSA) is 75.0 Å². The van der Waals surface area contributed by atoms with Crippen molar-refractivity contribution >= 4 is 16.9 Å². The Bertz CT molecular complexity index is 1030. The smallest absolute Gasteiger partial charge is 0.361 e. The Hall–Kier alpha value is -2.84. The number of aromatic nitrogens is 3. The Morgan fingerprint density at radius 1 is 1.34 bits per heavy atom. The fourth-order valence-corrected chi connectivity index (χ4v) is 3.88. The molecule has 0 aliphatic carbocycles. The zero-order chi connectivity index (χ0) is 20.8. The third-order valence-corrected chi connectivity index (χ3v) is 5.51. The number of carbonyl (C=O) groups excluding carboxylic acids is 1. The Morgan fingerprint density at radius 2 is 2.14 bits per heavy atom. The van der Waals surface area contributed by atoms with Gasteiger partial charge in [-0.3, -0.25) is 4.79 Å². The van der Waals surface area contributed by atoms with E-state index >= 15 is 0 Å². The average Bonchev–Trinajstić information content (AvgIpc) is 3.25. The molecule has 4 heterocycles. The molecule has 1 amide bonds. The number of amides is 1. The Labute approximate surface area is 165 Å². The Kier molecular flexibility index (Phi) is 4.84. The van der Waals surface area contributed by atoms with Crippen LogP contribution in [0.3, 0.4) is 0 Å². The van der Waals surface area contributed by atoms with E-state index < -0.39 is 11.9 Å². The second-order valence-corrected chi connectivity index (χ2v) is 7.51. The van der Waals surface area contributed by atoms with Crippen LogP contribution in [0.1, 0.15) is 47.2 Å². The number of pyridine rings is 1. The van der Waals surface area contributed by atoms with Crippen molar-refractivity contribution in [3.63, 3.8) is 0 Å². The zero-order valence-corrected chi connectivity index (χ0v) is 16.1. The molecule has 154 valence electrons. The second kappa shape index (κ2) is 7.20. The summed E-state index contributed by atoms with van der Waals surface area (Å²) in [4.78, 5) is 21.5. The molecule has 1 fully saturated rings. The lowest BCUT2D eigenvalue weighted by Crippen LogP contribution is -2.40. The van der Waals surface area contributed by atoms with Gasteiger partial charge in [0, 0.05) is 30.3 Å². The number of hydrogen-bond acceptors (Lipinski definition) is 4. The minimum atomic E-state index is -4.47. The van der Waals surface area contributed by atoms with Gasteiger partial charge in [0.1, 0.15) is 11.5 Å². The van der Waals surface area contributed by atoms with Crippen molar-refractivity contribution in [1.82, 2.24) is 20.0 Å². The van der Waals surface area contributed by atoms with Gasteiger partial charge in [-0.25, -0.2) is 4.98 Å². The number of piperidine rings is 1. The summed E-state index contributed by atoms with van der Waals surface area (Å²) >= 11 is 0. The van der Waals surface area contributed by atoms with E-state index in [4.69, 9.17) is 4.52 Å². The van der Waals surface area contributed by atoms with Crippen LogP contribution in [0.5, 0.6) is 0 Å². The summed E-state index contributed by atoms with van der Waals surface area (Å²) in [6.07, 6.45) is -2.56. The number of nitrogens with zero attached hydrogens (tertiary/aromatic N) is 3. The van der Waals surface area contributed by atoms with Crippen molar-refractivity contribution in [2.75, 3.05) is 13.1 Å². The first-order valence-corrected chi connectivity index (χ1v) is 9.48. The van der Waals surface area contributed by atoms with Crippen molar-refractivity contribution in [2.45, 2.75) is 45.2 Å². The molecule has 0 radical (unpaired) electrons. The molecule has 4 rings (SSSR count). The highest BCUT2D eigenvalue weighted by Crippen LogP contribution is 2.32. The minimum absolute atomic E-state index is 0.00214. The van der Waals surface area contributed by atoms with E-state index in [9.17, 15) is 18.0 Å². The van der Waals surface area contributed by atoms with Crippen LogP contribution in [0.2, 0.25) is 0 Å². The van der Waals surface area contributed by atoms with Gasteiger partial charge >= 0.3 is 6.18 Å². The van der Waals surface area contributed by atoms with E-state index in [1.54, 1.807) is 17.9 Å². The normalized spacial score (nSPS) is 17.8. The van der Waals surface area contributed by atoms with Gasteiger partial charge in [0.2, 0.25) is 5.91 Å². The van der Waals surface area contributed by atoms with Gasteiger partial charge in [-0.1, -0.05) is 5.16 Å². The number of hydrogen-bond donors (Lipinski definition) is 1. The number of likely N-dealkylation sites (tertiary alicyclic amines) is 1. The number of H-pyrrole nitrogens is 1. The van der Waals surface area contributed by atoms with Gasteiger partial charge in [-0.15, -0.1) is 0 Å². The lowest BCUT2D eigenvalue weighted by atomic mass is 9.94. The highest BCUT2D eigenvalue weighted by atomic mass is 19.4. The first kappa shape index (κ1) is 19.5. The lowest BCUT2D eigenvalue weighted by molar-refractivity contribution is -0.141. The fraction of sp³-hybridized carbons (Fsp3) is 0.450. The number of fused-ring (bicyclic) bond motifs is 1. The van der Waals surface area contributed by atoms with E-state index in [-0.39, 0.29) is 23.8 Å². The molecule has 29 heavy (non-hydrogen) atoms. The summed E-state index contributed by atoms with van der Waals surface area (Å²) in [6, 6.07) is 4.04. The largest absolute Gasteiger partial charge is 0.433 e. The number of aromatic amines is 1. The van der Waals surface area contributed by atoms with Gasteiger partial charge in [0.15, 0.2) is 0 Å². The van der Waals surface area contributed by atoms with Crippen molar-refractivity contribution in [1.29, 1.82) is 0 Å². The monoisotopic (exact) mass is 406 g/mol. The van der Waals surface area contributed by atoms with Crippen molar-refractivity contribution < 1.29 is 22.5 Å². The maximum atomic E-state index is 12.9. The summed E-state index contributed by atoms with van der Waals surface area (Å²) in [7, 11) is 0. The van der Waals surface area contributed by atoms with E-state index in [0.29, 0.717) is 30.1 Å². The van der Waals surface area contributed by atoms with Gasteiger partial charge in [0.05, 0.1) is 23.1 Å². The van der Waals surface area contributed by atoms with Crippen LogP contribution in [0.4, 0.5) is 13.2 Å². The van der Waals surface area contributed by atoms with Crippen molar-refractivity contribution in [3.8, 4) is 0 Å². The molecule has 9 heteroatoms. The van der Waals surface area contributed by atoms with E-state index in [0.717, 1.165) is 30.2 Å². The maximum absolute atomic E-state index is 12.9. The van der Waals surface area contributed by atoms with Crippen LogP contribution in [0.15, 0.2) is 22.7 Å². The van der Waals surface area contributed by atoms with Gasteiger partial charge in [0.25, 0.3) is 0 Å². The van der Waals surface area contributed by atoms with Crippen molar-refractivity contribution in [2.24, 2.45) is 0 Å². The van der Waals surface area contributed by atoms with Crippen LogP contribution in [0.25, 0.3) is 11.0 Å². The predicted molar refractivity (Wildman–Crippen MR) is 99.3 cm³/mol. The highest BCUT2D eigenvalue weighted by molar-refractivity contribution is 5.80. The molecule has 1 atom stereocenters. The standard InChI is InChI=1S/C20H21F3N4O2/c1-11-14(12(2)29-26-11)8-19(28)27-7-3-4-13(10-27)16-9-17-15(24-16)5-6-18(25-17)20(21,22)23/h5-6,9,13,24H,3-4,7-8,10H2,1-2H3. The van der Waals surface area contributed by atoms with Gasteiger partial charge in [-0.05, 0) is 44.9 Å². The summed E-state index contributed by atoms with van der Waals surface area (Å²) in [5.41, 5.74) is 2.27. The molecule has 3 aromatic rings. The van der Waals surface area contributed by atoms with Gasteiger partial charge in [-0.2, -0.15) is 13.2 Å². The lowest BCUT2D eigenvalue weighted by Gasteiger charge is -2.32. The first-order chi connectivity index (χ1) is 13.7. The van der Waals surface area contributed by atoms with E-state index in [1.807, 2.05) is 6.92 Å². The maximum Gasteiger partial charge on any atom is 0.433 e. The van der Waals surface area contributed by atoms with Crippen LogP contribution in [0, 0.1) is 13.8 Å².